The number of hydrogen-bond donors (Lipinski definition) is 2. The molecule has 4 heteroatoms. The number of nitrogens with one attached hydrogen (secondary N) is 1. The molecule has 0 radical (unpaired) electrons. The van der Waals surface area contributed by atoms with Crippen molar-refractivity contribution in [3.05, 3.63) is 35.4 Å². The number of likely N-dealkylation sites (N-methyl/N-ethyl adjacent to an activating group) is 1. The first-order chi connectivity index (χ1) is 10.1. The second kappa shape index (κ2) is 7.57. The number of rotatable bonds is 6. The Bertz CT molecular complexity index is 458. The molecule has 1 saturated carbocycles. The van der Waals surface area contributed by atoms with Crippen LogP contribution in [0, 0.1) is 12.8 Å². The van der Waals surface area contributed by atoms with Crippen molar-refractivity contribution in [3.8, 4) is 0 Å². The molecule has 3 N–H and O–H groups in total. The van der Waals surface area contributed by atoms with Gasteiger partial charge in [0.05, 0.1) is 6.54 Å². The fourth-order valence-electron chi connectivity index (χ4n) is 3.18. The molecule has 1 amide bonds. The highest BCUT2D eigenvalue weighted by molar-refractivity contribution is 5.78. The maximum Gasteiger partial charge on any atom is 0.234 e. The summed E-state index contributed by atoms with van der Waals surface area (Å²) in [5.74, 6) is 0.626. The average molecular weight is 289 g/mol. The summed E-state index contributed by atoms with van der Waals surface area (Å²) in [5, 5.41) is 2.99. The van der Waals surface area contributed by atoms with Crippen LogP contribution in [0.4, 0.5) is 0 Å². The molecule has 0 bridgehead atoms. The monoisotopic (exact) mass is 289 g/mol. The van der Waals surface area contributed by atoms with Gasteiger partial charge in [-0.15, -0.1) is 0 Å². The Kier molecular flexibility index (Phi) is 5.76. The second-order valence-electron chi connectivity index (χ2n) is 6.17. The molecule has 0 aromatic heterocycles. The first-order valence-electron chi connectivity index (χ1n) is 7.82. The van der Waals surface area contributed by atoms with Gasteiger partial charge in [-0.25, -0.2) is 0 Å². The van der Waals surface area contributed by atoms with Gasteiger partial charge in [-0.1, -0.05) is 36.2 Å². The molecule has 21 heavy (non-hydrogen) atoms. The highest BCUT2D eigenvalue weighted by Gasteiger charge is 2.29. The summed E-state index contributed by atoms with van der Waals surface area (Å²) in [4.78, 5) is 14.2. The summed E-state index contributed by atoms with van der Waals surface area (Å²) in [6, 6.07) is 8.71. The first-order valence-corrected chi connectivity index (χ1v) is 7.82. The molecule has 2 unspecified atom stereocenters. The van der Waals surface area contributed by atoms with Crippen molar-refractivity contribution < 1.29 is 4.79 Å². The van der Waals surface area contributed by atoms with Gasteiger partial charge in [0.2, 0.25) is 5.91 Å². The van der Waals surface area contributed by atoms with E-state index in [0.29, 0.717) is 25.0 Å². The lowest BCUT2D eigenvalue weighted by Gasteiger charge is -2.28. The van der Waals surface area contributed by atoms with E-state index in [0.717, 1.165) is 18.5 Å². The van der Waals surface area contributed by atoms with Crippen LogP contribution in [0.15, 0.2) is 24.3 Å². The Morgan fingerprint density at radius 2 is 2.05 bits per heavy atom. The van der Waals surface area contributed by atoms with Crippen LogP contribution in [0.2, 0.25) is 0 Å². The van der Waals surface area contributed by atoms with Gasteiger partial charge >= 0.3 is 0 Å². The molecular formula is C17H27N3O. The van der Waals surface area contributed by atoms with E-state index in [1.165, 1.54) is 18.4 Å². The van der Waals surface area contributed by atoms with E-state index < -0.39 is 0 Å². The van der Waals surface area contributed by atoms with Crippen molar-refractivity contribution in [2.75, 3.05) is 20.1 Å². The van der Waals surface area contributed by atoms with Crippen LogP contribution in [-0.2, 0) is 11.3 Å². The zero-order valence-electron chi connectivity index (χ0n) is 13.1. The van der Waals surface area contributed by atoms with Crippen molar-refractivity contribution in [2.45, 2.75) is 38.8 Å². The lowest BCUT2D eigenvalue weighted by Crippen LogP contribution is -2.43. The highest BCUT2D eigenvalue weighted by atomic mass is 16.2. The van der Waals surface area contributed by atoms with Crippen LogP contribution in [0.3, 0.4) is 0 Å². The van der Waals surface area contributed by atoms with Gasteiger partial charge in [0.1, 0.15) is 0 Å². The van der Waals surface area contributed by atoms with Crippen LogP contribution >= 0.6 is 0 Å². The molecule has 2 atom stereocenters. The summed E-state index contributed by atoms with van der Waals surface area (Å²) < 4.78 is 0. The Morgan fingerprint density at radius 3 is 2.71 bits per heavy atom. The van der Waals surface area contributed by atoms with E-state index in [1.807, 2.05) is 7.05 Å². The number of carbonyl (C=O) groups is 1. The number of benzene rings is 1. The van der Waals surface area contributed by atoms with E-state index in [-0.39, 0.29) is 5.91 Å². The number of nitrogens with zero attached hydrogens (tertiary/aromatic N) is 1. The van der Waals surface area contributed by atoms with Gasteiger partial charge in [0.15, 0.2) is 0 Å². The summed E-state index contributed by atoms with van der Waals surface area (Å²) in [5.41, 5.74) is 8.18. The van der Waals surface area contributed by atoms with Crippen LogP contribution in [0.25, 0.3) is 0 Å². The highest BCUT2D eigenvalue weighted by Crippen LogP contribution is 2.28. The molecule has 4 nitrogen and oxygen atoms in total. The number of carbonyl (C=O) groups excluding carboxylic acids is 1. The van der Waals surface area contributed by atoms with Gasteiger partial charge in [-0.2, -0.15) is 0 Å². The summed E-state index contributed by atoms with van der Waals surface area (Å²) >= 11 is 0. The lowest BCUT2D eigenvalue weighted by molar-refractivity contribution is -0.122. The van der Waals surface area contributed by atoms with Crippen LogP contribution in [-0.4, -0.2) is 37.0 Å². The molecule has 1 aromatic rings. The number of aryl methyl sites for hydroxylation is 1. The zero-order chi connectivity index (χ0) is 15.2. The van der Waals surface area contributed by atoms with E-state index in [4.69, 9.17) is 5.73 Å². The van der Waals surface area contributed by atoms with Gasteiger partial charge in [0.25, 0.3) is 0 Å². The normalized spacial score (nSPS) is 21.7. The van der Waals surface area contributed by atoms with Crippen LogP contribution < -0.4 is 11.1 Å². The molecule has 0 spiro atoms. The van der Waals surface area contributed by atoms with E-state index >= 15 is 0 Å². The molecule has 1 aromatic carbocycles. The molecular weight excluding hydrogens is 262 g/mol. The third-order valence-electron chi connectivity index (χ3n) is 4.49. The molecule has 0 aliphatic heterocycles. The average Bonchev–Trinajstić information content (AvgIpc) is 2.95. The SMILES string of the molecule is Cc1ccc(CNC(=O)CN(C)C2CCCC2CN)cc1. The maximum atomic E-state index is 12.1. The molecule has 116 valence electrons. The smallest absolute Gasteiger partial charge is 0.234 e. The fraction of sp³-hybridized carbons (Fsp3) is 0.588. The Balaban J connectivity index is 1.77. The molecule has 1 aliphatic carbocycles. The quantitative estimate of drug-likeness (QED) is 0.837. The Hall–Kier alpha value is -1.39. The molecule has 2 rings (SSSR count). The molecule has 0 saturated heterocycles. The van der Waals surface area contributed by atoms with Crippen LogP contribution in [0.5, 0.6) is 0 Å². The first kappa shape index (κ1) is 16.0. The van der Waals surface area contributed by atoms with Crippen LogP contribution in [0.1, 0.15) is 30.4 Å². The Labute approximate surface area is 127 Å². The van der Waals surface area contributed by atoms with Crippen molar-refractivity contribution >= 4 is 5.91 Å². The molecule has 1 fully saturated rings. The molecule has 1 aliphatic rings. The second-order valence-corrected chi connectivity index (χ2v) is 6.17. The van der Waals surface area contributed by atoms with E-state index in [9.17, 15) is 4.79 Å². The maximum absolute atomic E-state index is 12.1. The third-order valence-corrected chi connectivity index (χ3v) is 4.49. The zero-order valence-corrected chi connectivity index (χ0v) is 13.1. The van der Waals surface area contributed by atoms with Crippen molar-refractivity contribution in [1.82, 2.24) is 10.2 Å². The lowest BCUT2D eigenvalue weighted by atomic mass is 10.0. The van der Waals surface area contributed by atoms with Gasteiger partial charge < -0.3 is 11.1 Å². The third kappa shape index (κ3) is 4.55. The predicted molar refractivity (Wildman–Crippen MR) is 85.8 cm³/mol. The minimum atomic E-state index is 0.0840. The van der Waals surface area contributed by atoms with Gasteiger partial charge in [0, 0.05) is 12.6 Å². The Morgan fingerprint density at radius 1 is 1.33 bits per heavy atom. The number of nitrogens with two attached hydrogens (primary N) is 1. The molecule has 0 heterocycles. The summed E-state index contributed by atoms with van der Waals surface area (Å²) in [7, 11) is 2.03. The van der Waals surface area contributed by atoms with Crippen molar-refractivity contribution in [1.29, 1.82) is 0 Å². The van der Waals surface area contributed by atoms with Crippen molar-refractivity contribution in [3.63, 3.8) is 0 Å². The standard InChI is InChI=1S/C17H27N3O/c1-13-6-8-14(9-7-13)11-19-17(21)12-20(2)16-5-3-4-15(16)10-18/h6-9,15-16H,3-5,10-12,18H2,1-2H3,(H,19,21). The minimum absolute atomic E-state index is 0.0840. The van der Waals surface area contributed by atoms with E-state index in [1.54, 1.807) is 0 Å². The fourth-order valence-corrected chi connectivity index (χ4v) is 3.18. The van der Waals surface area contributed by atoms with Gasteiger partial charge in [-0.05, 0) is 44.8 Å². The largest absolute Gasteiger partial charge is 0.351 e. The van der Waals surface area contributed by atoms with Crippen molar-refractivity contribution in [2.24, 2.45) is 11.7 Å². The summed E-state index contributed by atoms with van der Waals surface area (Å²) in [6.07, 6.45) is 3.57. The predicted octanol–water partition coefficient (Wildman–Crippen LogP) is 1.67. The van der Waals surface area contributed by atoms with E-state index in [2.05, 4.69) is 41.4 Å². The number of hydrogen-bond acceptors (Lipinski definition) is 3. The summed E-state index contributed by atoms with van der Waals surface area (Å²) in [6.45, 7) is 3.83. The topological polar surface area (TPSA) is 58.4 Å². The minimum Gasteiger partial charge on any atom is -0.351 e. The van der Waals surface area contributed by atoms with Gasteiger partial charge in [-0.3, -0.25) is 9.69 Å². The number of amides is 1.